The largest absolute Gasteiger partial charge is 0.339 e. The van der Waals surface area contributed by atoms with Crippen LogP contribution in [0.3, 0.4) is 0 Å². The van der Waals surface area contributed by atoms with Gasteiger partial charge in [-0.25, -0.2) is 13.1 Å². The Balaban J connectivity index is 1.89. The Bertz CT molecular complexity index is 687. The molecule has 2 rings (SSSR count). The lowest BCUT2D eigenvalue weighted by atomic mass is 10.2. The van der Waals surface area contributed by atoms with Crippen LogP contribution in [0.15, 0.2) is 41.3 Å². The van der Waals surface area contributed by atoms with Crippen LogP contribution < -0.4 is 4.72 Å². The molecule has 7 heteroatoms. The van der Waals surface area contributed by atoms with Crippen LogP contribution in [-0.2, 0) is 10.0 Å². The highest BCUT2D eigenvalue weighted by atomic mass is 32.2. The average molecular weight is 365 g/mol. The molecule has 0 radical (unpaired) electrons. The van der Waals surface area contributed by atoms with Gasteiger partial charge in [-0.15, -0.1) is 0 Å². The van der Waals surface area contributed by atoms with E-state index >= 15 is 0 Å². The quantitative estimate of drug-likeness (QED) is 0.534. The molecule has 1 aliphatic heterocycles. The van der Waals surface area contributed by atoms with Crippen molar-refractivity contribution >= 4 is 15.9 Å². The van der Waals surface area contributed by atoms with Crippen molar-refractivity contribution < 1.29 is 13.2 Å². The molecule has 0 fully saturated rings. The van der Waals surface area contributed by atoms with E-state index in [2.05, 4.69) is 21.8 Å². The number of hydrogen-bond donors (Lipinski definition) is 1. The molecule has 0 aromatic heterocycles. The van der Waals surface area contributed by atoms with E-state index in [4.69, 9.17) is 0 Å². The van der Waals surface area contributed by atoms with Crippen molar-refractivity contribution in [3.05, 3.63) is 42.0 Å². The van der Waals surface area contributed by atoms with Gasteiger partial charge in [0, 0.05) is 44.8 Å². The molecule has 0 unspecified atom stereocenters. The smallest absolute Gasteiger partial charge is 0.253 e. The van der Waals surface area contributed by atoms with Gasteiger partial charge >= 0.3 is 0 Å². The second-order valence-corrected chi connectivity index (χ2v) is 7.75. The molecule has 1 aromatic rings. The molecule has 1 amide bonds. The monoisotopic (exact) mass is 365 g/mol. The van der Waals surface area contributed by atoms with Gasteiger partial charge in [-0.05, 0) is 44.5 Å². The average Bonchev–Trinajstić information content (AvgIpc) is 3.13. The van der Waals surface area contributed by atoms with Crippen molar-refractivity contribution in [2.45, 2.75) is 25.2 Å². The molecule has 25 heavy (non-hydrogen) atoms. The highest BCUT2D eigenvalue weighted by Gasteiger charge is 2.16. The van der Waals surface area contributed by atoms with Crippen LogP contribution in [0.1, 0.15) is 30.6 Å². The van der Waals surface area contributed by atoms with Gasteiger partial charge < -0.3 is 4.90 Å². The van der Waals surface area contributed by atoms with Crippen LogP contribution in [0.25, 0.3) is 0 Å². The summed E-state index contributed by atoms with van der Waals surface area (Å²) in [5.41, 5.74) is 0.504. The third-order valence-electron chi connectivity index (χ3n) is 4.30. The number of rotatable bonds is 9. The van der Waals surface area contributed by atoms with E-state index in [1.165, 1.54) is 12.1 Å². The number of nitrogens with zero attached hydrogens (tertiary/aromatic N) is 2. The Labute approximate surface area is 150 Å². The van der Waals surface area contributed by atoms with Crippen molar-refractivity contribution in [3.8, 4) is 0 Å². The van der Waals surface area contributed by atoms with Crippen molar-refractivity contribution in [1.29, 1.82) is 0 Å². The molecule has 1 N–H and O–H groups in total. The highest BCUT2D eigenvalue weighted by Crippen LogP contribution is 2.12. The standard InChI is InChI=1S/C18H27N3O3S/c1-3-21(4-2)18(22)16-8-10-17(11-9-16)25(23,24)19-12-7-15-20-13-5-6-14-20/h5-6,8-11,19H,3-4,7,12-15H2,1-2H3. The second-order valence-electron chi connectivity index (χ2n) is 5.98. The minimum atomic E-state index is -3.54. The maximum atomic E-state index is 12.3. The molecule has 0 saturated heterocycles. The summed E-state index contributed by atoms with van der Waals surface area (Å²) in [5, 5.41) is 0. The summed E-state index contributed by atoms with van der Waals surface area (Å²) in [6.07, 6.45) is 5.00. The van der Waals surface area contributed by atoms with Gasteiger partial charge in [0.15, 0.2) is 0 Å². The minimum absolute atomic E-state index is 0.0823. The van der Waals surface area contributed by atoms with Crippen LogP contribution in [0.5, 0.6) is 0 Å². The van der Waals surface area contributed by atoms with E-state index in [1.807, 2.05) is 13.8 Å². The number of nitrogens with one attached hydrogen (secondary N) is 1. The second kappa shape index (κ2) is 9.12. The fourth-order valence-electron chi connectivity index (χ4n) is 2.77. The molecular weight excluding hydrogens is 338 g/mol. The Morgan fingerprint density at radius 1 is 1.12 bits per heavy atom. The molecule has 0 spiro atoms. The minimum Gasteiger partial charge on any atom is -0.339 e. The third-order valence-corrected chi connectivity index (χ3v) is 5.78. The fourth-order valence-corrected chi connectivity index (χ4v) is 3.84. The van der Waals surface area contributed by atoms with Gasteiger partial charge in [0.25, 0.3) is 5.91 Å². The zero-order valence-electron chi connectivity index (χ0n) is 14.9. The summed E-state index contributed by atoms with van der Waals surface area (Å²) < 4.78 is 27.3. The van der Waals surface area contributed by atoms with Crippen LogP contribution >= 0.6 is 0 Å². The molecule has 0 saturated carbocycles. The van der Waals surface area contributed by atoms with Gasteiger partial charge in [-0.1, -0.05) is 12.2 Å². The van der Waals surface area contributed by atoms with Gasteiger partial charge in [0.05, 0.1) is 4.90 Å². The van der Waals surface area contributed by atoms with E-state index in [9.17, 15) is 13.2 Å². The lowest BCUT2D eigenvalue weighted by Crippen LogP contribution is -2.30. The normalized spacial score (nSPS) is 14.8. The Morgan fingerprint density at radius 2 is 1.72 bits per heavy atom. The predicted octanol–water partition coefficient (Wildman–Crippen LogP) is 1.71. The van der Waals surface area contributed by atoms with Crippen LogP contribution in [0.4, 0.5) is 0 Å². The lowest BCUT2D eigenvalue weighted by molar-refractivity contribution is 0.0773. The zero-order chi connectivity index (χ0) is 18.3. The maximum absolute atomic E-state index is 12.3. The summed E-state index contributed by atoms with van der Waals surface area (Å²) >= 11 is 0. The number of amides is 1. The molecule has 0 aliphatic carbocycles. The van der Waals surface area contributed by atoms with Gasteiger partial charge in [0.2, 0.25) is 10.0 Å². The number of carbonyl (C=O) groups excluding carboxylic acids is 1. The lowest BCUT2D eigenvalue weighted by Gasteiger charge is -2.18. The van der Waals surface area contributed by atoms with Crippen molar-refractivity contribution in [2.75, 3.05) is 39.3 Å². The molecule has 6 nitrogen and oxygen atoms in total. The summed E-state index contributed by atoms with van der Waals surface area (Å²) in [7, 11) is -3.54. The number of carbonyl (C=O) groups is 1. The number of hydrogen-bond acceptors (Lipinski definition) is 4. The van der Waals surface area contributed by atoms with Crippen LogP contribution in [0.2, 0.25) is 0 Å². The van der Waals surface area contributed by atoms with Crippen molar-refractivity contribution in [2.24, 2.45) is 0 Å². The Morgan fingerprint density at radius 3 is 2.28 bits per heavy atom. The van der Waals surface area contributed by atoms with Gasteiger partial charge in [-0.3, -0.25) is 9.69 Å². The first kappa shape index (κ1) is 19.6. The number of benzene rings is 1. The molecule has 138 valence electrons. The van der Waals surface area contributed by atoms with Gasteiger partial charge in [0.1, 0.15) is 0 Å². The van der Waals surface area contributed by atoms with Gasteiger partial charge in [-0.2, -0.15) is 0 Å². The Kier molecular flexibility index (Phi) is 7.16. The molecule has 1 heterocycles. The van der Waals surface area contributed by atoms with E-state index in [0.29, 0.717) is 25.2 Å². The first-order valence-electron chi connectivity index (χ1n) is 8.74. The Hall–Kier alpha value is -1.70. The summed E-state index contributed by atoms with van der Waals surface area (Å²) in [4.78, 5) is 16.4. The van der Waals surface area contributed by atoms with Crippen LogP contribution in [0, 0.1) is 0 Å². The summed E-state index contributed by atoms with van der Waals surface area (Å²) in [5.74, 6) is -0.0823. The summed E-state index contributed by atoms with van der Waals surface area (Å²) in [6, 6.07) is 6.13. The maximum Gasteiger partial charge on any atom is 0.253 e. The molecule has 0 atom stereocenters. The predicted molar refractivity (Wildman–Crippen MR) is 99.1 cm³/mol. The SMILES string of the molecule is CCN(CC)C(=O)c1ccc(S(=O)(=O)NCCCN2CC=CC2)cc1. The van der Waals surface area contributed by atoms with E-state index in [-0.39, 0.29) is 10.8 Å². The van der Waals surface area contributed by atoms with E-state index < -0.39 is 10.0 Å². The van der Waals surface area contributed by atoms with E-state index in [1.54, 1.807) is 17.0 Å². The number of sulfonamides is 1. The third kappa shape index (κ3) is 5.39. The topological polar surface area (TPSA) is 69.7 Å². The molecule has 1 aliphatic rings. The van der Waals surface area contributed by atoms with Crippen LogP contribution in [-0.4, -0.2) is 63.4 Å². The highest BCUT2D eigenvalue weighted by molar-refractivity contribution is 7.89. The molecular formula is C18H27N3O3S. The molecule has 0 bridgehead atoms. The van der Waals surface area contributed by atoms with E-state index in [0.717, 1.165) is 26.1 Å². The molecule has 1 aromatic carbocycles. The fraction of sp³-hybridized carbons (Fsp3) is 0.500. The zero-order valence-corrected chi connectivity index (χ0v) is 15.8. The first-order valence-corrected chi connectivity index (χ1v) is 10.2. The van der Waals surface area contributed by atoms with Crippen molar-refractivity contribution in [3.63, 3.8) is 0 Å². The first-order chi connectivity index (χ1) is 12.0. The summed E-state index contributed by atoms with van der Waals surface area (Å²) in [6.45, 7) is 8.24. The van der Waals surface area contributed by atoms with Crippen molar-refractivity contribution in [1.82, 2.24) is 14.5 Å².